The highest BCUT2D eigenvalue weighted by Gasteiger charge is 2.19. The second kappa shape index (κ2) is 7.71. The molecular formula is C15H21N5O3S. The quantitative estimate of drug-likeness (QED) is 0.806. The topological polar surface area (TPSA) is 88.8 Å². The van der Waals surface area contributed by atoms with E-state index in [1.165, 1.54) is 34.9 Å². The van der Waals surface area contributed by atoms with Gasteiger partial charge in [-0.15, -0.1) is 5.10 Å². The number of nitrogens with zero attached hydrogens (tertiary/aromatic N) is 4. The molecule has 1 amide bonds. The molecule has 2 aromatic rings. The number of nitrogens with one attached hydrogen (secondary N) is 1. The monoisotopic (exact) mass is 351 g/mol. The van der Waals surface area contributed by atoms with Crippen LogP contribution in [0.15, 0.2) is 11.0 Å². The molecule has 24 heavy (non-hydrogen) atoms. The van der Waals surface area contributed by atoms with E-state index in [1.807, 2.05) is 0 Å². The molecule has 1 fully saturated rings. The normalized spacial score (nSPS) is 15.5. The molecule has 0 atom stereocenters. The summed E-state index contributed by atoms with van der Waals surface area (Å²) in [5, 5.41) is 7.82. The lowest BCUT2D eigenvalue weighted by molar-refractivity contribution is 0.0935. The van der Waals surface area contributed by atoms with Crippen molar-refractivity contribution in [3.8, 4) is 0 Å². The largest absolute Gasteiger partial charge is 0.383 e. The van der Waals surface area contributed by atoms with Gasteiger partial charge in [0.25, 0.3) is 11.5 Å². The Balaban J connectivity index is 1.86. The molecule has 0 unspecified atom stereocenters. The first-order chi connectivity index (χ1) is 11.7. The minimum Gasteiger partial charge on any atom is -0.383 e. The average molecular weight is 351 g/mol. The van der Waals surface area contributed by atoms with Crippen molar-refractivity contribution < 1.29 is 9.53 Å². The van der Waals surface area contributed by atoms with E-state index in [9.17, 15) is 9.59 Å². The zero-order valence-electron chi connectivity index (χ0n) is 13.7. The van der Waals surface area contributed by atoms with E-state index in [0.29, 0.717) is 18.1 Å². The Morgan fingerprint density at radius 2 is 2.08 bits per heavy atom. The average Bonchev–Trinajstić information content (AvgIpc) is 2.83. The van der Waals surface area contributed by atoms with Gasteiger partial charge in [0.2, 0.25) is 10.1 Å². The molecule has 9 heteroatoms. The molecule has 0 aromatic carbocycles. The van der Waals surface area contributed by atoms with Gasteiger partial charge in [-0.2, -0.15) is 4.52 Å². The third-order valence-corrected chi connectivity index (χ3v) is 4.97. The fraction of sp³-hybridized carbons (Fsp3) is 0.600. The summed E-state index contributed by atoms with van der Waals surface area (Å²) in [5.41, 5.74) is -0.441. The number of hydrogen-bond donors (Lipinski definition) is 1. The number of ether oxygens (including phenoxy) is 1. The number of rotatable bonds is 5. The van der Waals surface area contributed by atoms with Crippen molar-refractivity contribution in [2.24, 2.45) is 0 Å². The Hall–Kier alpha value is -2.00. The lowest BCUT2D eigenvalue weighted by Crippen LogP contribution is -2.33. The molecule has 1 aliphatic rings. The van der Waals surface area contributed by atoms with Crippen LogP contribution < -0.4 is 15.8 Å². The number of carbonyl (C=O) groups is 1. The molecule has 0 bridgehead atoms. The standard InChI is InChI=1S/C15H21N5O3S/c1-23-9-6-16-12(21)11-10-17-14-20(13(11)22)18-15(24-14)19-7-4-2-3-5-8-19/h10H,2-9H2,1H3,(H,16,21). The maximum absolute atomic E-state index is 12.5. The Kier molecular flexibility index (Phi) is 5.41. The van der Waals surface area contributed by atoms with Crippen LogP contribution in [0.4, 0.5) is 5.13 Å². The molecule has 8 nitrogen and oxygen atoms in total. The second-order valence-corrected chi connectivity index (χ2v) is 6.64. The molecule has 3 rings (SSSR count). The number of hydrogen-bond acceptors (Lipinski definition) is 7. The minimum atomic E-state index is -0.455. The first kappa shape index (κ1) is 16.8. The van der Waals surface area contributed by atoms with Gasteiger partial charge in [0, 0.05) is 32.9 Å². The Morgan fingerprint density at radius 1 is 1.33 bits per heavy atom. The first-order valence-electron chi connectivity index (χ1n) is 8.11. The van der Waals surface area contributed by atoms with Crippen molar-refractivity contribution in [1.29, 1.82) is 0 Å². The fourth-order valence-corrected chi connectivity index (χ4v) is 3.60. The van der Waals surface area contributed by atoms with Crippen LogP contribution in [0.3, 0.4) is 0 Å². The smallest absolute Gasteiger partial charge is 0.288 e. The summed E-state index contributed by atoms with van der Waals surface area (Å²) in [6, 6.07) is 0. The van der Waals surface area contributed by atoms with Gasteiger partial charge in [0.05, 0.1) is 6.61 Å². The molecule has 1 N–H and O–H groups in total. The number of carbonyl (C=O) groups excluding carboxylic acids is 1. The molecule has 130 valence electrons. The Bertz CT molecular complexity index is 764. The van der Waals surface area contributed by atoms with Crippen LogP contribution in [-0.2, 0) is 4.74 Å². The summed E-state index contributed by atoms with van der Waals surface area (Å²) in [6.45, 7) is 2.62. The maximum Gasteiger partial charge on any atom is 0.288 e. The fourth-order valence-electron chi connectivity index (χ4n) is 2.68. The highest BCUT2D eigenvalue weighted by molar-refractivity contribution is 7.20. The van der Waals surface area contributed by atoms with E-state index < -0.39 is 11.5 Å². The third-order valence-electron chi connectivity index (χ3n) is 3.99. The van der Waals surface area contributed by atoms with E-state index in [2.05, 4.69) is 20.3 Å². The van der Waals surface area contributed by atoms with Gasteiger partial charge >= 0.3 is 0 Å². The van der Waals surface area contributed by atoms with E-state index in [-0.39, 0.29) is 5.56 Å². The number of methoxy groups -OCH3 is 1. The van der Waals surface area contributed by atoms with Crippen LogP contribution in [0.5, 0.6) is 0 Å². The molecule has 1 aliphatic heterocycles. The van der Waals surface area contributed by atoms with Gasteiger partial charge < -0.3 is 15.0 Å². The van der Waals surface area contributed by atoms with Gasteiger partial charge in [0.15, 0.2) is 0 Å². The number of aromatic nitrogens is 3. The second-order valence-electron chi connectivity index (χ2n) is 5.71. The SMILES string of the molecule is COCCNC(=O)c1cnc2sc(N3CCCCCC3)nn2c1=O. The van der Waals surface area contributed by atoms with E-state index in [4.69, 9.17) is 4.74 Å². The lowest BCUT2D eigenvalue weighted by Gasteiger charge is -2.17. The zero-order chi connectivity index (χ0) is 16.9. The third kappa shape index (κ3) is 3.57. The zero-order valence-corrected chi connectivity index (χ0v) is 14.5. The molecule has 0 radical (unpaired) electrons. The summed E-state index contributed by atoms with van der Waals surface area (Å²) in [4.78, 5) is 31.5. The summed E-state index contributed by atoms with van der Waals surface area (Å²) < 4.78 is 6.11. The summed E-state index contributed by atoms with van der Waals surface area (Å²) in [5.74, 6) is -0.455. The Labute approximate surface area is 143 Å². The summed E-state index contributed by atoms with van der Waals surface area (Å²) in [7, 11) is 1.55. The van der Waals surface area contributed by atoms with Crippen molar-refractivity contribution in [2.75, 3.05) is 38.3 Å². The van der Waals surface area contributed by atoms with Crippen molar-refractivity contribution in [2.45, 2.75) is 25.7 Å². The highest BCUT2D eigenvalue weighted by atomic mass is 32.1. The van der Waals surface area contributed by atoms with Crippen LogP contribution in [0.1, 0.15) is 36.0 Å². The van der Waals surface area contributed by atoms with Crippen molar-refractivity contribution in [3.05, 3.63) is 22.1 Å². The summed E-state index contributed by atoms with van der Waals surface area (Å²) >= 11 is 1.38. The number of amides is 1. The van der Waals surface area contributed by atoms with Gasteiger partial charge in [-0.1, -0.05) is 24.2 Å². The van der Waals surface area contributed by atoms with Gasteiger partial charge in [-0.25, -0.2) is 4.98 Å². The molecular weight excluding hydrogens is 330 g/mol. The van der Waals surface area contributed by atoms with Crippen molar-refractivity contribution in [3.63, 3.8) is 0 Å². The predicted molar refractivity (Wildman–Crippen MR) is 92.0 cm³/mol. The van der Waals surface area contributed by atoms with Gasteiger partial charge in [0.1, 0.15) is 5.56 Å². The number of anilines is 1. The van der Waals surface area contributed by atoms with E-state index in [0.717, 1.165) is 31.1 Å². The first-order valence-corrected chi connectivity index (χ1v) is 8.93. The molecule has 2 aromatic heterocycles. The van der Waals surface area contributed by atoms with Crippen molar-refractivity contribution in [1.82, 2.24) is 19.9 Å². The van der Waals surface area contributed by atoms with E-state index in [1.54, 1.807) is 7.11 Å². The molecule has 3 heterocycles. The molecule has 0 aliphatic carbocycles. The van der Waals surface area contributed by atoms with Crippen LogP contribution in [0, 0.1) is 0 Å². The van der Waals surface area contributed by atoms with Crippen LogP contribution in [-0.4, -0.2) is 53.9 Å². The molecule has 0 spiro atoms. The predicted octanol–water partition coefficient (Wildman–Crippen LogP) is 0.908. The van der Waals surface area contributed by atoms with Gasteiger partial charge in [-0.3, -0.25) is 9.59 Å². The molecule has 0 saturated carbocycles. The minimum absolute atomic E-state index is 0.00341. The molecule has 1 saturated heterocycles. The number of fused-ring (bicyclic) bond motifs is 1. The highest BCUT2D eigenvalue weighted by Crippen LogP contribution is 2.24. The van der Waals surface area contributed by atoms with Crippen molar-refractivity contribution >= 4 is 27.3 Å². The Morgan fingerprint density at radius 3 is 2.79 bits per heavy atom. The van der Waals surface area contributed by atoms with Crippen LogP contribution in [0.25, 0.3) is 4.96 Å². The lowest BCUT2D eigenvalue weighted by atomic mass is 10.2. The van der Waals surface area contributed by atoms with Crippen LogP contribution >= 0.6 is 11.3 Å². The maximum atomic E-state index is 12.5. The van der Waals surface area contributed by atoms with E-state index >= 15 is 0 Å². The van der Waals surface area contributed by atoms with Gasteiger partial charge in [-0.05, 0) is 12.8 Å². The van der Waals surface area contributed by atoms with Crippen LogP contribution in [0.2, 0.25) is 0 Å². The summed E-state index contributed by atoms with van der Waals surface area (Å²) in [6.07, 6.45) is 6.04.